The van der Waals surface area contributed by atoms with E-state index in [0.717, 1.165) is 0 Å². The van der Waals surface area contributed by atoms with Gasteiger partial charge in [0, 0.05) is 18.3 Å². The standard InChI is InChI=1S/C16H27NO5.CH4/c1-11(2)13-9-15(19)17(16(13)20)5-6-21-7-8-22-10-14(18)12(3)4;/h11-13H,5-10H2,1-4H3;1H4. The fraction of sp³-hybridized carbons (Fsp3) is 0.824. The molecular weight excluding hydrogens is 298 g/mol. The maximum Gasteiger partial charge on any atom is 0.233 e. The van der Waals surface area contributed by atoms with Gasteiger partial charge in [-0.05, 0) is 5.92 Å². The van der Waals surface area contributed by atoms with E-state index in [2.05, 4.69) is 0 Å². The summed E-state index contributed by atoms with van der Waals surface area (Å²) in [5.74, 6) is -0.199. The molecule has 1 atom stereocenters. The first kappa shape index (κ1) is 21.7. The Hall–Kier alpha value is -1.27. The van der Waals surface area contributed by atoms with Crippen molar-refractivity contribution in [1.82, 2.24) is 4.90 Å². The summed E-state index contributed by atoms with van der Waals surface area (Å²) in [6, 6.07) is 0. The van der Waals surface area contributed by atoms with E-state index >= 15 is 0 Å². The molecule has 23 heavy (non-hydrogen) atoms. The van der Waals surface area contributed by atoms with E-state index in [9.17, 15) is 14.4 Å². The molecule has 0 aromatic rings. The van der Waals surface area contributed by atoms with Crippen molar-refractivity contribution in [3.8, 4) is 0 Å². The molecule has 6 heteroatoms. The van der Waals surface area contributed by atoms with Gasteiger partial charge in [-0.15, -0.1) is 0 Å². The van der Waals surface area contributed by atoms with Crippen LogP contribution in [0.2, 0.25) is 0 Å². The van der Waals surface area contributed by atoms with Gasteiger partial charge in [-0.2, -0.15) is 0 Å². The van der Waals surface area contributed by atoms with E-state index in [0.29, 0.717) is 26.2 Å². The number of carbonyl (C=O) groups excluding carboxylic acids is 3. The number of hydrogen-bond donors (Lipinski definition) is 0. The minimum Gasteiger partial charge on any atom is -0.377 e. The molecule has 6 nitrogen and oxygen atoms in total. The molecule has 0 spiro atoms. The van der Waals surface area contributed by atoms with Crippen LogP contribution in [0.4, 0.5) is 0 Å². The Balaban J connectivity index is 0.00000484. The monoisotopic (exact) mass is 329 g/mol. The zero-order valence-electron chi connectivity index (χ0n) is 14.0. The highest BCUT2D eigenvalue weighted by molar-refractivity contribution is 6.03. The predicted octanol–water partition coefficient (Wildman–Crippen LogP) is 1.91. The molecule has 1 aliphatic heterocycles. The largest absolute Gasteiger partial charge is 0.377 e. The van der Waals surface area contributed by atoms with Crippen molar-refractivity contribution in [1.29, 1.82) is 0 Å². The van der Waals surface area contributed by atoms with Crippen LogP contribution in [0, 0.1) is 17.8 Å². The molecule has 0 aromatic carbocycles. The SMILES string of the molecule is C.CC(C)C(=O)COCCOCCN1C(=O)CC(C(C)C)C1=O. The number of nitrogens with zero attached hydrogens (tertiary/aromatic N) is 1. The third-order valence-electron chi connectivity index (χ3n) is 3.80. The van der Waals surface area contributed by atoms with Crippen LogP contribution >= 0.6 is 0 Å². The van der Waals surface area contributed by atoms with Crippen LogP contribution in [0.3, 0.4) is 0 Å². The predicted molar refractivity (Wildman–Crippen MR) is 87.9 cm³/mol. The maximum absolute atomic E-state index is 12.0. The lowest BCUT2D eigenvalue weighted by Gasteiger charge is -2.16. The van der Waals surface area contributed by atoms with Gasteiger partial charge in [0.25, 0.3) is 0 Å². The molecule has 0 saturated carbocycles. The lowest BCUT2D eigenvalue weighted by Crippen LogP contribution is -2.34. The normalized spacial score (nSPS) is 18.0. The number of hydrogen-bond acceptors (Lipinski definition) is 5. The number of imide groups is 1. The molecule has 1 unspecified atom stereocenters. The second-order valence-electron chi connectivity index (χ2n) is 6.22. The zero-order valence-corrected chi connectivity index (χ0v) is 14.0. The highest BCUT2D eigenvalue weighted by Crippen LogP contribution is 2.25. The molecule has 0 aliphatic carbocycles. The van der Waals surface area contributed by atoms with Gasteiger partial charge in [0.1, 0.15) is 6.61 Å². The van der Waals surface area contributed by atoms with Gasteiger partial charge in [0.15, 0.2) is 5.78 Å². The van der Waals surface area contributed by atoms with Crippen molar-refractivity contribution in [2.75, 3.05) is 33.0 Å². The molecule has 1 saturated heterocycles. The quantitative estimate of drug-likeness (QED) is 0.452. The topological polar surface area (TPSA) is 72.9 Å². The molecule has 0 N–H and O–H groups in total. The van der Waals surface area contributed by atoms with E-state index in [1.807, 2.05) is 27.7 Å². The molecule has 0 radical (unpaired) electrons. The van der Waals surface area contributed by atoms with Crippen molar-refractivity contribution in [2.45, 2.75) is 41.5 Å². The first-order valence-corrected chi connectivity index (χ1v) is 7.87. The van der Waals surface area contributed by atoms with Crippen LogP contribution in [0.5, 0.6) is 0 Å². The molecule has 0 bridgehead atoms. The van der Waals surface area contributed by atoms with Gasteiger partial charge >= 0.3 is 0 Å². The Bertz CT molecular complexity index is 406. The van der Waals surface area contributed by atoms with Crippen LogP contribution in [0.1, 0.15) is 41.5 Å². The van der Waals surface area contributed by atoms with Gasteiger partial charge < -0.3 is 9.47 Å². The van der Waals surface area contributed by atoms with E-state index in [-0.39, 0.29) is 55.9 Å². The van der Waals surface area contributed by atoms with Gasteiger partial charge in [-0.25, -0.2) is 0 Å². The summed E-state index contributed by atoms with van der Waals surface area (Å²) in [6.07, 6.45) is 0.303. The lowest BCUT2D eigenvalue weighted by molar-refractivity contribution is -0.140. The zero-order chi connectivity index (χ0) is 16.7. The minimum atomic E-state index is -0.196. The summed E-state index contributed by atoms with van der Waals surface area (Å²) in [4.78, 5) is 36.4. The fourth-order valence-corrected chi connectivity index (χ4v) is 2.18. The van der Waals surface area contributed by atoms with E-state index in [1.54, 1.807) is 0 Å². The Morgan fingerprint density at radius 2 is 1.74 bits per heavy atom. The van der Waals surface area contributed by atoms with Gasteiger partial charge in [0.05, 0.1) is 26.4 Å². The Labute approximate surface area is 139 Å². The molecule has 1 heterocycles. The average Bonchev–Trinajstić information content (AvgIpc) is 2.73. The van der Waals surface area contributed by atoms with Crippen molar-refractivity contribution < 1.29 is 23.9 Å². The number of ether oxygens (including phenoxy) is 2. The van der Waals surface area contributed by atoms with Crippen LogP contribution in [0.15, 0.2) is 0 Å². The summed E-state index contributed by atoms with van der Waals surface area (Å²) < 4.78 is 10.5. The van der Waals surface area contributed by atoms with E-state index < -0.39 is 0 Å². The third-order valence-corrected chi connectivity index (χ3v) is 3.80. The Kier molecular flexibility index (Phi) is 9.91. The number of Topliss-reactive ketones (excluding diaryl/α,β-unsaturated/α-hetero) is 1. The van der Waals surface area contributed by atoms with Gasteiger partial charge in [-0.1, -0.05) is 35.1 Å². The molecule has 0 aromatic heterocycles. The molecule has 1 fully saturated rings. The number of ketones is 1. The lowest BCUT2D eigenvalue weighted by atomic mass is 9.94. The summed E-state index contributed by atoms with van der Waals surface area (Å²) in [5, 5.41) is 0. The van der Waals surface area contributed by atoms with Gasteiger partial charge in [-0.3, -0.25) is 19.3 Å². The Morgan fingerprint density at radius 1 is 1.13 bits per heavy atom. The summed E-state index contributed by atoms with van der Waals surface area (Å²) in [6.45, 7) is 8.91. The smallest absolute Gasteiger partial charge is 0.233 e. The summed E-state index contributed by atoms with van der Waals surface area (Å²) in [7, 11) is 0. The molecule has 1 rings (SSSR count). The van der Waals surface area contributed by atoms with E-state index in [1.165, 1.54) is 4.90 Å². The van der Waals surface area contributed by atoms with Crippen LogP contribution in [0.25, 0.3) is 0 Å². The highest BCUT2D eigenvalue weighted by Gasteiger charge is 2.39. The summed E-state index contributed by atoms with van der Waals surface area (Å²) in [5.41, 5.74) is 0. The molecular formula is C17H31NO5. The third kappa shape index (κ3) is 6.79. The van der Waals surface area contributed by atoms with Crippen LogP contribution in [-0.4, -0.2) is 55.5 Å². The van der Waals surface area contributed by atoms with Crippen molar-refractivity contribution in [2.24, 2.45) is 17.8 Å². The second-order valence-corrected chi connectivity index (χ2v) is 6.22. The fourth-order valence-electron chi connectivity index (χ4n) is 2.18. The Morgan fingerprint density at radius 3 is 2.26 bits per heavy atom. The summed E-state index contributed by atoms with van der Waals surface area (Å²) >= 11 is 0. The number of rotatable bonds is 10. The van der Waals surface area contributed by atoms with Gasteiger partial charge in [0.2, 0.25) is 11.8 Å². The number of carbonyl (C=O) groups is 3. The van der Waals surface area contributed by atoms with Crippen molar-refractivity contribution in [3.05, 3.63) is 0 Å². The molecule has 1 aliphatic rings. The van der Waals surface area contributed by atoms with Crippen molar-refractivity contribution in [3.63, 3.8) is 0 Å². The van der Waals surface area contributed by atoms with Crippen LogP contribution < -0.4 is 0 Å². The maximum atomic E-state index is 12.0. The molecule has 2 amide bonds. The molecule has 134 valence electrons. The minimum absolute atomic E-state index is 0. The first-order valence-electron chi connectivity index (χ1n) is 7.87. The second kappa shape index (κ2) is 10.5. The van der Waals surface area contributed by atoms with Crippen LogP contribution in [-0.2, 0) is 23.9 Å². The average molecular weight is 329 g/mol. The first-order chi connectivity index (χ1) is 10.3. The van der Waals surface area contributed by atoms with Crippen molar-refractivity contribution >= 4 is 17.6 Å². The number of amides is 2. The highest BCUT2D eigenvalue weighted by atomic mass is 16.5. The number of likely N-dealkylation sites (tertiary alicyclic amines) is 1. The van der Waals surface area contributed by atoms with E-state index in [4.69, 9.17) is 9.47 Å².